The van der Waals surface area contributed by atoms with Gasteiger partial charge in [0.15, 0.2) is 0 Å². The molecule has 122 valence electrons. The molecule has 0 atom stereocenters. The highest BCUT2D eigenvalue weighted by Gasteiger charge is 2.06. The van der Waals surface area contributed by atoms with Gasteiger partial charge in [-0.2, -0.15) is 0 Å². The number of carbonyl (C=O) groups is 1. The van der Waals surface area contributed by atoms with Crippen molar-refractivity contribution >= 4 is 17.3 Å². The zero-order valence-electron chi connectivity index (χ0n) is 13.2. The van der Waals surface area contributed by atoms with Crippen LogP contribution in [0, 0.1) is 0 Å². The quantitative estimate of drug-likeness (QED) is 0.833. The van der Waals surface area contributed by atoms with E-state index in [4.69, 9.17) is 0 Å². The number of aromatic nitrogens is 2. The van der Waals surface area contributed by atoms with E-state index >= 15 is 0 Å². The lowest BCUT2D eigenvalue weighted by atomic mass is 10.2. The zero-order valence-corrected chi connectivity index (χ0v) is 13.2. The van der Waals surface area contributed by atoms with Gasteiger partial charge in [0.1, 0.15) is 6.54 Å². The Labute approximate surface area is 133 Å². The average molecular weight is 316 g/mol. The van der Waals surface area contributed by atoms with Crippen molar-refractivity contribution in [3.63, 3.8) is 0 Å². The summed E-state index contributed by atoms with van der Waals surface area (Å²) < 4.78 is 1.14. The average Bonchev–Trinajstić information content (AvgIpc) is 2.53. The normalized spacial score (nSPS) is 10.3. The first kappa shape index (κ1) is 16.5. The molecule has 0 fully saturated rings. The van der Waals surface area contributed by atoms with Crippen LogP contribution in [0.1, 0.15) is 13.8 Å². The molecule has 1 heterocycles. The molecular weight excluding hydrogens is 296 g/mol. The van der Waals surface area contributed by atoms with Crippen LogP contribution in [0.15, 0.2) is 46.1 Å². The molecule has 2 aromatic rings. The third-order valence-electron chi connectivity index (χ3n) is 3.49. The summed E-state index contributed by atoms with van der Waals surface area (Å²) in [6.07, 6.45) is 1.30. The van der Waals surface area contributed by atoms with Crippen LogP contribution in [0.3, 0.4) is 0 Å². The maximum atomic E-state index is 12.0. The van der Waals surface area contributed by atoms with Gasteiger partial charge in [-0.15, -0.1) is 0 Å². The fraction of sp³-hybridized carbons (Fsp3) is 0.312. The number of anilines is 2. The Bertz CT molecular complexity index is 773. The second-order valence-corrected chi connectivity index (χ2v) is 5.01. The number of hydrogen-bond acceptors (Lipinski definition) is 4. The van der Waals surface area contributed by atoms with Crippen molar-refractivity contribution < 1.29 is 4.79 Å². The molecule has 0 saturated heterocycles. The van der Waals surface area contributed by atoms with Gasteiger partial charge < -0.3 is 10.2 Å². The van der Waals surface area contributed by atoms with Gasteiger partial charge in [-0.05, 0) is 38.1 Å². The molecule has 0 saturated carbocycles. The van der Waals surface area contributed by atoms with Gasteiger partial charge in [0.2, 0.25) is 5.91 Å². The van der Waals surface area contributed by atoms with Crippen LogP contribution in [-0.2, 0) is 11.3 Å². The largest absolute Gasteiger partial charge is 0.372 e. The summed E-state index contributed by atoms with van der Waals surface area (Å²) in [5, 5.41) is 2.73. The number of H-pyrrole nitrogens is 1. The number of aromatic amines is 1. The van der Waals surface area contributed by atoms with E-state index in [0.717, 1.165) is 23.3 Å². The highest BCUT2D eigenvalue weighted by atomic mass is 16.2. The summed E-state index contributed by atoms with van der Waals surface area (Å²) in [6.45, 7) is 5.84. The minimum atomic E-state index is -0.607. The van der Waals surface area contributed by atoms with Crippen molar-refractivity contribution in [3.8, 4) is 0 Å². The van der Waals surface area contributed by atoms with Gasteiger partial charge in [-0.3, -0.25) is 19.1 Å². The Morgan fingerprint density at radius 2 is 1.78 bits per heavy atom. The zero-order chi connectivity index (χ0) is 16.8. The van der Waals surface area contributed by atoms with E-state index in [0.29, 0.717) is 5.69 Å². The maximum absolute atomic E-state index is 12.0. The van der Waals surface area contributed by atoms with Crippen molar-refractivity contribution in [2.45, 2.75) is 20.4 Å². The number of nitrogens with zero attached hydrogens (tertiary/aromatic N) is 2. The molecule has 1 amide bonds. The van der Waals surface area contributed by atoms with E-state index in [9.17, 15) is 14.4 Å². The summed E-state index contributed by atoms with van der Waals surface area (Å²) >= 11 is 0. The molecule has 2 rings (SSSR count). The third kappa shape index (κ3) is 4.32. The Morgan fingerprint density at radius 3 is 2.35 bits per heavy atom. The van der Waals surface area contributed by atoms with Gasteiger partial charge in [0.05, 0.1) is 0 Å². The lowest BCUT2D eigenvalue weighted by Gasteiger charge is -2.21. The minimum absolute atomic E-state index is 0.159. The summed E-state index contributed by atoms with van der Waals surface area (Å²) in [6, 6.07) is 8.72. The highest BCUT2D eigenvalue weighted by Crippen LogP contribution is 2.17. The number of carbonyl (C=O) groups excluding carboxylic acids is 1. The van der Waals surface area contributed by atoms with Gasteiger partial charge in [-0.1, -0.05) is 0 Å². The molecule has 7 nitrogen and oxygen atoms in total. The van der Waals surface area contributed by atoms with E-state index in [2.05, 4.69) is 29.0 Å². The van der Waals surface area contributed by atoms with Crippen LogP contribution >= 0.6 is 0 Å². The standard InChI is InChI=1S/C16H20N4O3/c1-3-19(4-2)13-7-5-12(6-8-13)17-15(22)11-20-10-9-14(21)18-16(20)23/h5-10H,3-4,11H2,1-2H3,(H,17,22)(H,18,21,23). The van der Waals surface area contributed by atoms with E-state index in [-0.39, 0.29) is 12.5 Å². The van der Waals surface area contributed by atoms with Crippen molar-refractivity contribution in [2.75, 3.05) is 23.3 Å². The number of amides is 1. The number of hydrogen-bond donors (Lipinski definition) is 2. The Hall–Kier alpha value is -2.83. The molecular formula is C16H20N4O3. The van der Waals surface area contributed by atoms with Gasteiger partial charge in [0.25, 0.3) is 5.56 Å². The molecule has 23 heavy (non-hydrogen) atoms. The number of benzene rings is 1. The van der Waals surface area contributed by atoms with Crippen LogP contribution in [0.5, 0.6) is 0 Å². The highest BCUT2D eigenvalue weighted by molar-refractivity contribution is 5.90. The van der Waals surface area contributed by atoms with Crippen LogP contribution in [0.25, 0.3) is 0 Å². The number of nitrogens with one attached hydrogen (secondary N) is 2. The first-order valence-corrected chi connectivity index (χ1v) is 7.48. The van der Waals surface area contributed by atoms with E-state index in [1.807, 2.05) is 24.3 Å². The van der Waals surface area contributed by atoms with Crippen molar-refractivity contribution in [1.29, 1.82) is 0 Å². The fourth-order valence-electron chi connectivity index (χ4n) is 2.27. The molecule has 0 spiro atoms. The summed E-state index contributed by atoms with van der Waals surface area (Å²) in [4.78, 5) is 38.8. The lowest BCUT2D eigenvalue weighted by molar-refractivity contribution is -0.116. The predicted molar refractivity (Wildman–Crippen MR) is 90.0 cm³/mol. The topological polar surface area (TPSA) is 87.2 Å². The van der Waals surface area contributed by atoms with E-state index in [1.54, 1.807) is 0 Å². The summed E-state index contributed by atoms with van der Waals surface area (Å²) in [5.41, 5.74) is 0.649. The molecule has 0 unspecified atom stereocenters. The molecule has 1 aromatic heterocycles. The van der Waals surface area contributed by atoms with Crippen LogP contribution < -0.4 is 21.5 Å². The summed E-state index contributed by atoms with van der Waals surface area (Å²) in [7, 11) is 0. The maximum Gasteiger partial charge on any atom is 0.328 e. The van der Waals surface area contributed by atoms with Crippen molar-refractivity contribution in [2.24, 2.45) is 0 Å². The molecule has 0 aliphatic heterocycles. The first-order valence-electron chi connectivity index (χ1n) is 7.48. The smallest absolute Gasteiger partial charge is 0.328 e. The molecule has 0 bridgehead atoms. The van der Waals surface area contributed by atoms with Crippen LogP contribution in [0.2, 0.25) is 0 Å². The SMILES string of the molecule is CCN(CC)c1ccc(NC(=O)Cn2ccc(=O)[nH]c2=O)cc1. The van der Waals surface area contributed by atoms with Crippen molar-refractivity contribution in [3.05, 3.63) is 57.4 Å². The predicted octanol–water partition coefficient (Wildman–Crippen LogP) is 1.02. The monoisotopic (exact) mass is 316 g/mol. The Kier molecular flexibility index (Phi) is 5.35. The second-order valence-electron chi connectivity index (χ2n) is 5.01. The first-order chi connectivity index (χ1) is 11.0. The molecule has 2 N–H and O–H groups in total. The van der Waals surface area contributed by atoms with E-state index in [1.165, 1.54) is 12.3 Å². The van der Waals surface area contributed by atoms with Crippen LogP contribution in [0.4, 0.5) is 11.4 Å². The fourth-order valence-corrected chi connectivity index (χ4v) is 2.27. The Balaban J connectivity index is 2.02. The molecule has 0 radical (unpaired) electrons. The van der Waals surface area contributed by atoms with Crippen LogP contribution in [-0.4, -0.2) is 28.5 Å². The van der Waals surface area contributed by atoms with Gasteiger partial charge in [0, 0.05) is 36.7 Å². The molecule has 0 aliphatic rings. The lowest BCUT2D eigenvalue weighted by Crippen LogP contribution is -2.32. The molecule has 1 aromatic carbocycles. The molecule has 7 heteroatoms. The second kappa shape index (κ2) is 7.44. The minimum Gasteiger partial charge on any atom is -0.372 e. The van der Waals surface area contributed by atoms with E-state index < -0.39 is 11.2 Å². The summed E-state index contributed by atoms with van der Waals surface area (Å²) in [5.74, 6) is -0.338. The van der Waals surface area contributed by atoms with Gasteiger partial charge in [-0.25, -0.2) is 4.79 Å². The van der Waals surface area contributed by atoms with Crippen molar-refractivity contribution in [1.82, 2.24) is 9.55 Å². The molecule has 0 aliphatic carbocycles. The Morgan fingerprint density at radius 1 is 1.13 bits per heavy atom. The number of rotatable bonds is 6. The third-order valence-corrected chi connectivity index (χ3v) is 3.49. The van der Waals surface area contributed by atoms with Gasteiger partial charge >= 0.3 is 5.69 Å².